The van der Waals surface area contributed by atoms with E-state index >= 15 is 0 Å². The number of aryl methyl sites for hydroxylation is 2. The lowest BCUT2D eigenvalue weighted by Gasteiger charge is -2.46. The third-order valence-electron chi connectivity index (χ3n) is 11.8. The molecule has 2 aromatic heterocycles. The Labute approximate surface area is 308 Å². The second-order valence-electron chi connectivity index (χ2n) is 15.6. The Hall–Kier alpha value is -4.35. The Bertz CT molecular complexity index is 2040. The van der Waals surface area contributed by atoms with Crippen molar-refractivity contribution < 1.29 is 17.9 Å². The second-order valence-corrected chi connectivity index (χ2v) is 17.3. The van der Waals surface area contributed by atoms with Crippen molar-refractivity contribution in [3.05, 3.63) is 89.1 Å². The molecule has 3 unspecified atom stereocenters. The summed E-state index contributed by atoms with van der Waals surface area (Å²) in [5.41, 5.74) is 5.40. The maximum absolute atomic E-state index is 13.5. The molecule has 7 rings (SSSR count). The first kappa shape index (κ1) is 36.0. The number of aromatic nitrogens is 3. The summed E-state index contributed by atoms with van der Waals surface area (Å²) in [6.07, 6.45) is 7.98. The molecule has 0 amide bonds. The van der Waals surface area contributed by atoms with E-state index in [9.17, 15) is 13.2 Å². The summed E-state index contributed by atoms with van der Waals surface area (Å²) in [4.78, 5) is 30.6. The van der Waals surface area contributed by atoms with E-state index in [2.05, 4.69) is 70.6 Å². The lowest BCUT2D eigenvalue weighted by atomic mass is 9.76. The van der Waals surface area contributed by atoms with Gasteiger partial charge in [0.15, 0.2) is 0 Å². The van der Waals surface area contributed by atoms with Gasteiger partial charge in [0.25, 0.3) is 10.0 Å². The summed E-state index contributed by atoms with van der Waals surface area (Å²) in [6, 6.07) is 20.8. The van der Waals surface area contributed by atoms with Gasteiger partial charge in [-0.25, -0.2) is 23.1 Å². The first-order valence-corrected chi connectivity index (χ1v) is 19.9. The van der Waals surface area contributed by atoms with Gasteiger partial charge in [-0.3, -0.25) is 9.69 Å². The Morgan fingerprint density at radius 3 is 2.38 bits per heavy atom. The maximum Gasteiger partial charge on any atom is 0.264 e. The zero-order chi connectivity index (χ0) is 36.8. The minimum atomic E-state index is -4.11. The van der Waals surface area contributed by atoms with Crippen molar-refractivity contribution in [3.8, 4) is 17.1 Å². The zero-order valence-corrected chi connectivity index (χ0v) is 31.9. The topological polar surface area (TPSA) is 118 Å². The lowest BCUT2D eigenvalue weighted by molar-refractivity contribution is 0.0115. The van der Waals surface area contributed by atoms with Crippen LogP contribution < -0.4 is 14.4 Å². The number of likely N-dealkylation sites (tertiary alicyclic amines) is 1. The number of carbonyl (C=O) groups excluding carboxylic acids is 1. The van der Waals surface area contributed by atoms with Gasteiger partial charge >= 0.3 is 0 Å². The summed E-state index contributed by atoms with van der Waals surface area (Å²) in [5, 5.41) is 0. The number of pyridine rings is 1. The number of aldehydes is 1. The molecular weight excluding hydrogens is 673 g/mol. The van der Waals surface area contributed by atoms with Crippen molar-refractivity contribution in [2.45, 2.75) is 89.2 Å². The summed E-state index contributed by atoms with van der Waals surface area (Å²) < 4.78 is 36.1. The van der Waals surface area contributed by atoms with E-state index in [1.165, 1.54) is 43.9 Å². The van der Waals surface area contributed by atoms with E-state index in [4.69, 9.17) is 9.72 Å². The molecule has 3 heterocycles. The number of sulfonamides is 1. The van der Waals surface area contributed by atoms with Crippen molar-refractivity contribution in [1.82, 2.24) is 19.9 Å². The van der Waals surface area contributed by atoms with E-state index in [-0.39, 0.29) is 34.4 Å². The van der Waals surface area contributed by atoms with Crippen molar-refractivity contribution in [2.24, 2.45) is 17.3 Å². The van der Waals surface area contributed by atoms with E-state index in [0.717, 1.165) is 41.0 Å². The number of hydrogen-bond acceptors (Lipinski definition) is 9. The normalized spacial score (nSPS) is 21.5. The monoisotopic (exact) mass is 722 g/mol. The largest absolute Gasteiger partial charge is 0.476 e. The molecule has 2 aromatic carbocycles. The molecule has 3 atom stereocenters. The molecular formula is C41H50N6O4S. The highest BCUT2D eigenvalue weighted by Crippen LogP contribution is 2.62. The fourth-order valence-corrected chi connectivity index (χ4v) is 9.46. The highest BCUT2D eigenvalue weighted by Gasteiger charge is 2.54. The number of hydrogen-bond donors (Lipinski definition) is 1. The summed E-state index contributed by atoms with van der Waals surface area (Å²) in [6.45, 7) is 8.89. The van der Waals surface area contributed by atoms with Crippen LogP contribution in [0.3, 0.4) is 0 Å². The average molecular weight is 723 g/mol. The highest BCUT2D eigenvalue weighted by atomic mass is 32.2. The maximum atomic E-state index is 13.5. The molecule has 1 spiro atoms. The number of ether oxygens (including phenoxy) is 1. The fraction of sp³-hybridized carbons (Fsp3) is 0.463. The molecule has 1 aliphatic heterocycles. The van der Waals surface area contributed by atoms with Gasteiger partial charge < -0.3 is 9.64 Å². The van der Waals surface area contributed by atoms with Gasteiger partial charge in [-0.15, -0.1) is 0 Å². The quantitative estimate of drug-likeness (QED) is 0.147. The Kier molecular flexibility index (Phi) is 9.86. The molecule has 52 heavy (non-hydrogen) atoms. The van der Waals surface area contributed by atoms with E-state index in [1.54, 1.807) is 12.1 Å². The molecule has 1 saturated heterocycles. The van der Waals surface area contributed by atoms with Crippen molar-refractivity contribution in [3.63, 3.8) is 0 Å². The molecule has 0 bridgehead atoms. The molecule has 3 aliphatic rings. The predicted molar refractivity (Wildman–Crippen MR) is 204 cm³/mol. The number of nitrogens with zero attached hydrogens (tertiary/aromatic N) is 5. The molecule has 4 aromatic rings. The van der Waals surface area contributed by atoms with Crippen LogP contribution in [0.5, 0.6) is 5.88 Å². The molecule has 10 nitrogen and oxygen atoms in total. The lowest BCUT2D eigenvalue weighted by Crippen LogP contribution is -2.49. The molecule has 2 saturated carbocycles. The van der Waals surface area contributed by atoms with Gasteiger partial charge in [-0.1, -0.05) is 50.2 Å². The summed E-state index contributed by atoms with van der Waals surface area (Å²) >= 11 is 0. The molecule has 2 aliphatic carbocycles. The minimum Gasteiger partial charge on any atom is -0.476 e. The molecule has 1 N–H and O–H groups in total. The minimum absolute atomic E-state index is 0.0568. The van der Waals surface area contributed by atoms with Crippen LogP contribution >= 0.6 is 0 Å². The molecule has 3 fully saturated rings. The zero-order valence-electron chi connectivity index (χ0n) is 31.0. The molecule has 11 heteroatoms. The number of carbonyl (C=O) groups is 1. The van der Waals surface area contributed by atoms with Gasteiger partial charge in [0.05, 0.1) is 22.3 Å². The van der Waals surface area contributed by atoms with Crippen molar-refractivity contribution in [2.75, 3.05) is 30.3 Å². The van der Waals surface area contributed by atoms with Gasteiger partial charge in [-0.05, 0) is 112 Å². The van der Waals surface area contributed by atoms with Crippen LogP contribution in [-0.2, 0) is 10.0 Å². The van der Waals surface area contributed by atoms with Crippen LogP contribution in [0.1, 0.15) is 85.6 Å². The first-order chi connectivity index (χ1) is 24.9. The predicted octanol–water partition coefficient (Wildman–Crippen LogP) is 7.63. The van der Waals surface area contributed by atoms with Crippen LogP contribution in [-0.4, -0.2) is 67.3 Å². The highest BCUT2D eigenvalue weighted by molar-refractivity contribution is 7.92. The van der Waals surface area contributed by atoms with Crippen LogP contribution in [0, 0.1) is 31.1 Å². The summed E-state index contributed by atoms with van der Waals surface area (Å²) in [7, 11) is 0.249. The third-order valence-corrected chi connectivity index (χ3v) is 13.1. The van der Waals surface area contributed by atoms with Gasteiger partial charge in [-0.2, -0.15) is 4.98 Å². The van der Waals surface area contributed by atoms with Gasteiger partial charge in [0, 0.05) is 36.3 Å². The number of rotatable bonds is 12. The third kappa shape index (κ3) is 7.30. The van der Waals surface area contributed by atoms with Crippen LogP contribution in [0.4, 0.5) is 11.8 Å². The summed E-state index contributed by atoms with van der Waals surface area (Å²) in [5.74, 6) is 2.01. The number of piperidine rings is 1. The number of anilines is 2. The van der Waals surface area contributed by atoms with E-state index < -0.39 is 10.0 Å². The smallest absolute Gasteiger partial charge is 0.264 e. The van der Waals surface area contributed by atoms with Crippen LogP contribution in [0.25, 0.3) is 11.3 Å². The first-order valence-electron chi connectivity index (χ1n) is 18.4. The molecule has 274 valence electrons. The number of benzene rings is 2. The van der Waals surface area contributed by atoms with Gasteiger partial charge in [0.1, 0.15) is 18.7 Å². The fourth-order valence-electron chi connectivity index (χ4n) is 8.46. The Morgan fingerprint density at radius 2 is 1.69 bits per heavy atom. The SMILES string of the molecule is Cc1cccc(C)c1-c1cc(OCC2C(C(C)C)CCC(c3cccc(N(C)C4CC5(CC5)C4)n3)N2C)nc(NS(=O)(=O)c2cccc(C=O)c2)n1. The Morgan fingerprint density at radius 1 is 0.981 bits per heavy atom. The standard InChI is InChI=1S/C41H50N6O4S/c1-26(2)32-16-17-35(33-14-9-15-37(42-33)46(5)30-22-41(23-30)18-19-41)47(6)36(32)25-51-38-21-34(39-27(3)10-7-11-28(39)4)43-40(44-38)45-52(49,50)31-13-8-12-29(20-31)24-48/h7-15,20-21,24,26,30,32,35-36H,16-19,22-23,25H2,1-6H3,(H,43,44,45). The van der Waals surface area contributed by atoms with Gasteiger partial charge in [0.2, 0.25) is 11.8 Å². The van der Waals surface area contributed by atoms with Crippen LogP contribution in [0.15, 0.2) is 71.6 Å². The van der Waals surface area contributed by atoms with E-state index in [0.29, 0.717) is 41.9 Å². The number of nitrogens with one attached hydrogen (secondary N) is 1. The number of likely N-dealkylation sites (N-methyl/N-ethyl adjacent to an activating group) is 1. The average Bonchev–Trinajstić information content (AvgIpc) is 3.91. The van der Waals surface area contributed by atoms with Crippen molar-refractivity contribution in [1.29, 1.82) is 0 Å². The van der Waals surface area contributed by atoms with Crippen LogP contribution in [0.2, 0.25) is 0 Å². The second kappa shape index (κ2) is 14.2. The van der Waals surface area contributed by atoms with E-state index in [1.807, 2.05) is 32.0 Å². The molecule has 0 radical (unpaired) electrons. The Balaban J connectivity index is 1.16. The van der Waals surface area contributed by atoms with Crippen molar-refractivity contribution >= 4 is 28.1 Å².